The minimum Gasteiger partial charge on any atom is -0.481 e. The van der Waals surface area contributed by atoms with Crippen molar-refractivity contribution in [2.24, 2.45) is 17.4 Å². The number of amides is 3. The first kappa shape index (κ1) is 32.2. The molecule has 0 fully saturated rings. The lowest BCUT2D eigenvalue weighted by molar-refractivity contribution is -0.147. The Morgan fingerprint density at radius 1 is 0.900 bits per heavy atom. The third-order valence-corrected chi connectivity index (χ3v) is 6.37. The normalized spacial score (nSPS) is 14.2. The zero-order valence-electron chi connectivity index (χ0n) is 22.8. The van der Waals surface area contributed by atoms with Gasteiger partial charge in [0, 0.05) is 23.5 Å². The summed E-state index contributed by atoms with van der Waals surface area (Å²) in [5.74, 6) is -5.05. The fraction of sp³-hybridized carbons (Fsp3) is 0.519. The first-order valence-corrected chi connectivity index (χ1v) is 13.3. The van der Waals surface area contributed by atoms with Crippen molar-refractivity contribution in [3.05, 3.63) is 36.0 Å². The Bertz CT molecular complexity index is 1180. The highest BCUT2D eigenvalue weighted by Gasteiger charge is 2.32. The predicted molar refractivity (Wildman–Crippen MR) is 148 cm³/mol. The van der Waals surface area contributed by atoms with Crippen LogP contribution in [0.4, 0.5) is 0 Å². The molecule has 1 aromatic heterocycles. The van der Waals surface area contributed by atoms with E-state index < -0.39 is 60.2 Å². The molecule has 0 spiro atoms. The van der Waals surface area contributed by atoms with E-state index in [2.05, 4.69) is 20.9 Å². The van der Waals surface area contributed by atoms with Gasteiger partial charge in [0.1, 0.15) is 18.1 Å². The molecule has 1 heterocycles. The van der Waals surface area contributed by atoms with Crippen LogP contribution in [0.15, 0.2) is 30.5 Å². The van der Waals surface area contributed by atoms with Crippen LogP contribution in [-0.4, -0.2) is 75.6 Å². The maximum absolute atomic E-state index is 13.5. The Morgan fingerprint density at radius 2 is 1.52 bits per heavy atom. The molecular formula is C27H40N6O7. The van der Waals surface area contributed by atoms with Crippen molar-refractivity contribution in [2.75, 3.05) is 6.54 Å². The van der Waals surface area contributed by atoms with Gasteiger partial charge in [0.2, 0.25) is 17.7 Å². The topological polar surface area (TPSA) is 230 Å². The van der Waals surface area contributed by atoms with Crippen LogP contribution in [0, 0.1) is 5.92 Å². The molecule has 13 heteroatoms. The highest BCUT2D eigenvalue weighted by atomic mass is 16.4. The molecule has 1 aromatic carbocycles. The summed E-state index contributed by atoms with van der Waals surface area (Å²) in [5, 5.41) is 26.7. The van der Waals surface area contributed by atoms with E-state index in [0.717, 1.165) is 16.5 Å². The summed E-state index contributed by atoms with van der Waals surface area (Å²) in [6.45, 7) is 4.09. The van der Waals surface area contributed by atoms with Crippen molar-refractivity contribution < 1.29 is 34.2 Å². The molecule has 0 aliphatic carbocycles. The maximum atomic E-state index is 13.5. The molecule has 0 saturated heterocycles. The van der Waals surface area contributed by atoms with Crippen molar-refractivity contribution in [3.8, 4) is 0 Å². The molecule has 220 valence electrons. The van der Waals surface area contributed by atoms with Crippen molar-refractivity contribution in [1.29, 1.82) is 0 Å². The summed E-state index contributed by atoms with van der Waals surface area (Å²) >= 11 is 0. The van der Waals surface area contributed by atoms with Gasteiger partial charge in [0.05, 0.1) is 12.5 Å². The maximum Gasteiger partial charge on any atom is 0.326 e. The monoisotopic (exact) mass is 560 g/mol. The number of nitrogens with two attached hydrogens (primary N) is 2. The largest absolute Gasteiger partial charge is 0.481 e. The lowest BCUT2D eigenvalue weighted by Crippen LogP contribution is -2.58. The van der Waals surface area contributed by atoms with Crippen molar-refractivity contribution >= 4 is 40.6 Å². The molecule has 0 aliphatic heterocycles. The molecule has 0 bridgehead atoms. The van der Waals surface area contributed by atoms with Gasteiger partial charge in [-0.2, -0.15) is 0 Å². The minimum absolute atomic E-state index is 0.0866. The number of hydrogen-bond donors (Lipinski definition) is 8. The quantitative estimate of drug-likeness (QED) is 0.124. The number of fused-ring (bicyclic) bond motifs is 1. The number of carbonyl (C=O) groups excluding carboxylic acids is 3. The van der Waals surface area contributed by atoms with Crippen molar-refractivity contribution in [3.63, 3.8) is 0 Å². The zero-order valence-corrected chi connectivity index (χ0v) is 22.8. The van der Waals surface area contributed by atoms with Gasteiger partial charge in [0.15, 0.2) is 0 Å². The summed E-state index contributed by atoms with van der Waals surface area (Å²) in [6, 6.07) is 2.63. The van der Waals surface area contributed by atoms with E-state index in [1.54, 1.807) is 6.20 Å². The fourth-order valence-electron chi connectivity index (χ4n) is 4.27. The van der Waals surface area contributed by atoms with Crippen LogP contribution in [0.5, 0.6) is 0 Å². The van der Waals surface area contributed by atoms with E-state index in [9.17, 15) is 29.1 Å². The molecule has 4 atom stereocenters. The number of nitrogens with one attached hydrogen (secondary N) is 4. The summed E-state index contributed by atoms with van der Waals surface area (Å²) in [5.41, 5.74) is 13.2. The van der Waals surface area contributed by atoms with Crippen LogP contribution in [0.1, 0.15) is 51.5 Å². The van der Waals surface area contributed by atoms with Crippen LogP contribution in [0.25, 0.3) is 10.9 Å². The molecule has 0 radical (unpaired) electrons. The van der Waals surface area contributed by atoms with E-state index in [1.165, 1.54) is 0 Å². The second-order valence-corrected chi connectivity index (χ2v) is 10.2. The number of carboxylic acid groups (broad SMARTS) is 2. The predicted octanol–water partition coefficient (Wildman–Crippen LogP) is 0.227. The van der Waals surface area contributed by atoms with Crippen LogP contribution in [0.2, 0.25) is 0 Å². The van der Waals surface area contributed by atoms with Gasteiger partial charge in [-0.3, -0.25) is 19.2 Å². The number of aromatic nitrogens is 1. The number of rotatable bonds is 17. The van der Waals surface area contributed by atoms with Crippen LogP contribution in [0.3, 0.4) is 0 Å². The molecular weight excluding hydrogens is 520 g/mol. The van der Waals surface area contributed by atoms with Crippen LogP contribution >= 0.6 is 0 Å². The van der Waals surface area contributed by atoms with Gasteiger partial charge in [-0.15, -0.1) is 0 Å². The number of aliphatic carboxylic acids is 2. The van der Waals surface area contributed by atoms with Gasteiger partial charge in [-0.05, 0) is 43.4 Å². The molecule has 2 aromatic rings. The highest BCUT2D eigenvalue weighted by molar-refractivity contribution is 5.95. The standard InChI is InChI=1S/C27H40N6O7/c1-15(2)11-20(25(37)33-22(27(39)40)13-23(34)35)32-26(38)21(31-24(36)18(29)8-5-6-10-28)12-16-14-30-19-9-4-3-7-17(16)19/h3-4,7,9,14-15,18,20-22,30H,5-6,8,10-13,28-29H2,1-2H3,(H,31,36)(H,32,38)(H,33,37)(H,34,35)(H,39,40)/t18-,20-,21-,22-/m0/s1. The smallest absolute Gasteiger partial charge is 0.326 e. The second-order valence-electron chi connectivity index (χ2n) is 10.2. The van der Waals surface area contributed by atoms with Gasteiger partial charge in [0.25, 0.3) is 0 Å². The van der Waals surface area contributed by atoms with Gasteiger partial charge in [-0.25, -0.2) is 4.79 Å². The third-order valence-electron chi connectivity index (χ3n) is 6.37. The summed E-state index contributed by atoms with van der Waals surface area (Å²) in [4.78, 5) is 65.1. The Balaban J connectivity index is 2.28. The van der Waals surface area contributed by atoms with Gasteiger partial charge >= 0.3 is 11.9 Å². The highest BCUT2D eigenvalue weighted by Crippen LogP contribution is 2.19. The molecule has 2 rings (SSSR count). The van der Waals surface area contributed by atoms with Crippen LogP contribution in [-0.2, 0) is 30.4 Å². The van der Waals surface area contributed by atoms with E-state index in [1.807, 2.05) is 38.1 Å². The summed E-state index contributed by atoms with van der Waals surface area (Å²) in [6.07, 6.45) is 2.86. The van der Waals surface area contributed by atoms with E-state index in [4.69, 9.17) is 16.6 Å². The molecule has 0 saturated carbocycles. The Hall–Kier alpha value is -3.97. The van der Waals surface area contributed by atoms with Gasteiger partial charge < -0.3 is 42.6 Å². The number of hydrogen-bond acceptors (Lipinski definition) is 7. The Kier molecular flexibility index (Phi) is 12.6. The van der Waals surface area contributed by atoms with Crippen LogP contribution < -0.4 is 27.4 Å². The molecule has 40 heavy (non-hydrogen) atoms. The first-order valence-electron chi connectivity index (χ1n) is 13.3. The summed E-state index contributed by atoms with van der Waals surface area (Å²) in [7, 11) is 0. The lowest BCUT2D eigenvalue weighted by Gasteiger charge is -2.26. The molecule has 0 unspecified atom stereocenters. The lowest BCUT2D eigenvalue weighted by atomic mass is 10.00. The first-order chi connectivity index (χ1) is 18.9. The number of H-pyrrole nitrogens is 1. The molecule has 13 nitrogen and oxygen atoms in total. The van der Waals surface area contributed by atoms with E-state index >= 15 is 0 Å². The number of benzene rings is 1. The molecule has 3 amide bonds. The average Bonchev–Trinajstić information content (AvgIpc) is 3.29. The van der Waals surface area contributed by atoms with Crippen molar-refractivity contribution in [2.45, 2.75) is 76.5 Å². The third kappa shape index (κ3) is 9.97. The van der Waals surface area contributed by atoms with E-state index in [0.29, 0.717) is 25.8 Å². The number of unbranched alkanes of at least 4 members (excludes halogenated alkanes) is 1. The number of carboxylic acids is 2. The molecule has 10 N–H and O–H groups in total. The number of carbonyl (C=O) groups is 5. The Morgan fingerprint density at radius 3 is 2.15 bits per heavy atom. The number of aromatic amines is 1. The van der Waals surface area contributed by atoms with Crippen molar-refractivity contribution in [1.82, 2.24) is 20.9 Å². The number of para-hydroxylation sites is 1. The Labute approximate surface area is 232 Å². The van der Waals surface area contributed by atoms with Gasteiger partial charge in [-0.1, -0.05) is 38.5 Å². The average molecular weight is 561 g/mol. The SMILES string of the molecule is CC(C)C[C@H](NC(=O)[C@H](Cc1c[nH]c2ccccc12)NC(=O)[C@@H](N)CCCCN)C(=O)N[C@@H](CC(=O)O)C(=O)O. The fourth-order valence-corrected chi connectivity index (χ4v) is 4.27. The van der Waals surface area contributed by atoms with E-state index in [-0.39, 0.29) is 18.8 Å². The second kappa shape index (κ2) is 15.6. The molecule has 0 aliphatic rings. The summed E-state index contributed by atoms with van der Waals surface area (Å²) < 4.78 is 0. The zero-order chi connectivity index (χ0) is 29.8. The minimum atomic E-state index is -1.68.